The van der Waals surface area contributed by atoms with Crippen molar-refractivity contribution < 1.29 is 40.4 Å². The summed E-state index contributed by atoms with van der Waals surface area (Å²) in [5.41, 5.74) is 3.56. The molecule has 2 aliphatic rings. The number of carbonyl (C=O) groups is 1. The largest absolute Gasteiger partial charge is 0.481 e. The van der Waals surface area contributed by atoms with Gasteiger partial charge in [-0.2, -0.15) is 21.4 Å². The quantitative estimate of drug-likeness (QED) is 0.245. The van der Waals surface area contributed by atoms with Crippen molar-refractivity contribution in [3.8, 4) is 0 Å². The first-order chi connectivity index (χ1) is 19.5. The molecule has 0 amide bonds. The second-order valence-electron chi connectivity index (χ2n) is 11.3. The smallest absolute Gasteiger partial charge is 0.303 e. The number of hydrogen-bond donors (Lipinski definition) is 3. The first kappa shape index (κ1) is 31.6. The lowest BCUT2D eigenvalue weighted by Gasteiger charge is -2.30. The average Bonchev–Trinajstić information content (AvgIpc) is 3.26. The first-order valence-electron chi connectivity index (χ1n) is 13.7. The van der Waals surface area contributed by atoms with E-state index in [0.29, 0.717) is 31.5 Å². The third-order valence-electron chi connectivity index (χ3n) is 8.38. The van der Waals surface area contributed by atoms with Crippen LogP contribution in [0.2, 0.25) is 0 Å². The van der Waals surface area contributed by atoms with E-state index in [1.165, 1.54) is 24.3 Å². The second kappa shape index (κ2) is 11.1. The highest BCUT2D eigenvalue weighted by molar-refractivity contribution is 7.86. The number of anilines is 1. The maximum atomic E-state index is 12.0. The lowest BCUT2D eigenvalue weighted by molar-refractivity contribution is -0.433. The van der Waals surface area contributed by atoms with Crippen molar-refractivity contribution in [1.82, 2.24) is 0 Å². The predicted molar refractivity (Wildman–Crippen MR) is 160 cm³/mol. The van der Waals surface area contributed by atoms with E-state index >= 15 is 0 Å². The van der Waals surface area contributed by atoms with Crippen molar-refractivity contribution in [3.63, 3.8) is 0 Å². The molecule has 0 aromatic heterocycles. The molecule has 3 N–H and O–H groups in total. The third kappa shape index (κ3) is 5.56. The Morgan fingerprint density at radius 3 is 2.10 bits per heavy atom. The van der Waals surface area contributed by atoms with E-state index in [0.717, 1.165) is 28.3 Å². The Labute approximate surface area is 247 Å². The summed E-state index contributed by atoms with van der Waals surface area (Å²) >= 11 is 0. The Hall–Kier alpha value is -3.32. The van der Waals surface area contributed by atoms with Gasteiger partial charge in [0.1, 0.15) is 6.54 Å². The topological polar surface area (TPSA) is 152 Å². The van der Waals surface area contributed by atoms with Crippen molar-refractivity contribution >= 4 is 43.3 Å². The van der Waals surface area contributed by atoms with Gasteiger partial charge in [0.15, 0.2) is 5.71 Å². The molecule has 2 aliphatic heterocycles. The van der Waals surface area contributed by atoms with E-state index in [9.17, 15) is 35.8 Å². The van der Waals surface area contributed by atoms with Crippen LogP contribution in [-0.2, 0) is 35.9 Å². The molecular weight excluding hydrogens is 580 g/mol. The Bertz CT molecular complexity index is 1750. The first-order valence-corrected chi connectivity index (χ1v) is 16.6. The zero-order valence-electron chi connectivity index (χ0n) is 24.3. The van der Waals surface area contributed by atoms with Gasteiger partial charge < -0.3 is 10.0 Å². The van der Waals surface area contributed by atoms with Crippen LogP contribution in [0.4, 0.5) is 11.4 Å². The van der Waals surface area contributed by atoms with E-state index in [2.05, 4.69) is 9.48 Å². The van der Waals surface area contributed by atoms with Crippen molar-refractivity contribution in [2.75, 3.05) is 18.0 Å². The number of hydrogen-bond acceptors (Lipinski definition) is 6. The molecule has 226 valence electrons. The molecule has 0 aliphatic carbocycles. The summed E-state index contributed by atoms with van der Waals surface area (Å²) in [7, 11) is -8.82. The molecule has 1 atom stereocenters. The van der Waals surface area contributed by atoms with Gasteiger partial charge in [0, 0.05) is 47.5 Å². The zero-order chi connectivity index (χ0) is 31.3. The molecule has 0 spiro atoms. The van der Waals surface area contributed by atoms with Gasteiger partial charge in [-0.3, -0.25) is 13.9 Å². The summed E-state index contributed by atoms with van der Waals surface area (Å²) in [6.07, 6.45) is 6.56. The predicted octanol–water partition coefficient (Wildman–Crippen LogP) is 5.07. The van der Waals surface area contributed by atoms with Crippen molar-refractivity contribution in [1.29, 1.82) is 0 Å². The Morgan fingerprint density at radius 2 is 1.55 bits per heavy atom. The second-order valence-corrected chi connectivity index (χ2v) is 14.1. The number of benzene rings is 2. The number of allylic oxidation sites excluding steroid dienone is 4. The summed E-state index contributed by atoms with van der Waals surface area (Å²) in [6, 6.07) is 9.09. The van der Waals surface area contributed by atoms with Crippen molar-refractivity contribution in [3.05, 3.63) is 71.5 Å². The molecular formula is C30H37N2O8S2+. The van der Waals surface area contributed by atoms with Crippen LogP contribution in [0.5, 0.6) is 0 Å². The van der Waals surface area contributed by atoms with E-state index in [1.54, 1.807) is 12.1 Å². The van der Waals surface area contributed by atoms with Crippen LogP contribution >= 0.6 is 0 Å². The van der Waals surface area contributed by atoms with Crippen LogP contribution in [0.15, 0.2) is 70.1 Å². The average molecular weight is 618 g/mol. The van der Waals surface area contributed by atoms with Crippen LogP contribution in [0.25, 0.3) is 0 Å². The number of fused-ring (bicyclic) bond motifs is 2. The summed E-state index contributed by atoms with van der Waals surface area (Å²) in [4.78, 5) is 13.0. The van der Waals surface area contributed by atoms with Gasteiger partial charge in [-0.1, -0.05) is 6.08 Å². The van der Waals surface area contributed by atoms with Crippen LogP contribution in [-0.4, -0.2) is 60.4 Å². The fraction of sp³-hybridized carbons (Fsp3) is 0.400. The van der Waals surface area contributed by atoms with Crippen LogP contribution in [0.3, 0.4) is 0 Å². The SMILES string of the molecule is CCN1/C(=C/C=C/C2=[N+](CC)c3ccc(S(=O)(=O)O)cc3C2(C)C)[C@@](C)(CCCC(=O)O)c2cc(S(=O)(=O)O)ccc21. The minimum Gasteiger partial charge on any atom is -0.481 e. The molecule has 42 heavy (non-hydrogen) atoms. The fourth-order valence-corrected chi connectivity index (χ4v) is 7.29. The molecule has 2 aromatic rings. The summed E-state index contributed by atoms with van der Waals surface area (Å²) in [5.74, 6) is -0.919. The number of carboxylic acids is 1. The number of likely N-dealkylation sites (N-methyl/N-ethyl adjacent to an activating group) is 1. The highest BCUT2D eigenvalue weighted by Crippen LogP contribution is 2.51. The maximum Gasteiger partial charge on any atom is 0.303 e. The fourth-order valence-electron chi connectivity index (χ4n) is 6.28. The van der Waals surface area contributed by atoms with Crippen LogP contribution in [0, 0.1) is 0 Å². The lowest BCUT2D eigenvalue weighted by atomic mass is 9.77. The normalized spacial score (nSPS) is 20.9. The number of aliphatic carboxylic acids is 1. The van der Waals surface area contributed by atoms with E-state index in [4.69, 9.17) is 0 Å². The van der Waals surface area contributed by atoms with E-state index < -0.39 is 37.0 Å². The molecule has 4 rings (SSSR count). The molecule has 0 radical (unpaired) electrons. The molecule has 0 saturated heterocycles. The number of rotatable bonds is 10. The third-order valence-corrected chi connectivity index (χ3v) is 10.1. The van der Waals surface area contributed by atoms with Gasteiger partial charge in [-0.05, 0) is 89.4 Å². The lowest BCUT2D eigenvalue weighted by Crippen LogP contribution is -2.29. The Morgan fingerprint density at radius 1 is 0.952 bits per heavy atom. The van der Waals surface area contributed by atoms with Crippen LogP contribution < -0.4 is 4.90 Å². The monoisotopic (exact) mass is 617 g/mol. The van der Waals surface area contributed by atoms with Crippen LogP contribution in [0.1, 0.15) is 65.0 Å². The minimum atomic E-state index is -4.45. The van der Waals surface area contributed by atoms with Gasteiger partial charge in [0.05, 0.1) is 15.2 Å². The maximum absolute atomic E-state index is 12.0. The van der Waals surface area contributed by atoms with Gasteiger partial charge in [-0.25, -0.2) is 0 Å². The molecule has 0 saturated carbocycles. The highest BCUT2D eigenvalue weighted by atomic mass is 32.2. The summed E-state index contributed by atoms with van der Waals surface area (Å²) < 4.78 is 69.0. The van der Waals surface area contributed by atoms with Gasteiger partial charge in [0.2, 0.25) is 5.69 Å². The molecule has 2 heterocycles. The number of carboxylic acid groups (broad SMARTS) is 1. The van der Waals surface area contributed by atoms with Gasteiger partial charge >= 0.3 is 5.97 Å². The highest BCUT2D eigenvalue weighted by Gasteiger charge is 2.45. The molecule has 10 nitrogen and oxygen atoms in total. The summed E-state index contributed by atoms with van der Waals surface area (Å²) in [6.45, 7) is 11.1. The molecule has 12 heteroatoms. The summed E-state index contributed by atoms with van der Waals surface area (Å²) in [5, 5.41) is 9.27. The van der Waals surface area contributed by atoms with E-state index in [1.807, 2.05) is 52.8 Å². The minimum absolute atomic E-state index is 0.0421. The van der Waals surface area contributed by atoms with Gasteiger partial charge in [-0.15, -0.1) is 0 Å². The standard InChI is InChI=1S/C30H36N2O8S2/c1-6-31-24-15-13-20(41(35,36)37)18-22(24)29(3,4)26(31)10-8-11-27-30(5,17-9-12-28(33)34)23-19-21(42(38,39)40)14-16-25(23)32(27)7-2/h8,10-11,13-16,18-19H,6-7,9,12,17H2,1-5H3,(H2-,33,34,35,36,37,38,39,40)/p+1/t30-/m0/s1. The van der Waals surface area contributed by atoms with Crippen molar-refractivity contribution in [2.45, 2.75) is 74.5 Å². The number of nitrogens with zero attached hydrogens (tertiary/aromatic N) is 2. The van der Waals surface area contributed by atoms with Crippen molar-refractivity contribution in [2.24, 2.45) is 0 Å². The molecule has 2 aromatic carbocycles. The zero-order valence-corrected chi connectivity index (χ0v) is 26.0. The van der Waals surface area contributed by atoms with E-state index in [-0.39, 0.29) is 16.2 Å². The molecule has 0 unspecified atom stereocenters. The Balaban J connectivity index is 1.82. The Kier molecular flexibility index (Phi) is 8.33. The molecule has 0 fully saturated rings. The van der Waals surface area contributed by atoms with Gasteiger partial charge in [0.25, 0.3) is 20.2 Å². The molecule has 0 bridgehead atoms.